The molecule has 0 spiro atoms. The zero-order valence-corrected chi connectivity index (χ0v) is 12.3. The van der Waals surface area contributed by atoms with Gasteiger partial charge in [0.05, 0.1) is 0 Å². The highest BCUT2D eigenvalue weighted by atomic mass is 15.3. The molecule has 1 heterocycles. The first-order valence-electron chi connectivity index (χ1n) is 6.95. The van der Waals surface area contributed by atoms with Gasteiger partial charge in [-0.05, 0) is 18.3 Å². The predicted molar refractivity (Wildman–Crippen MR) is 78.7 cm³/mol. The minimum atomic E-state index is 0.598. The molecule has 1 aliphatic rings. The summed E-state index contributed by atoms with van der Waals surface area (Å²) in [7, 11) is 5.67. The van der Waals surface area contributed by atoms with Crippen molar-refractivity contribution in [3.63, 3.8) is 0 Å². The molecule has 2 unspecified atom stereocenters. The van der Waals surface area contributed by atoms with Crippen molar-refractivity contribution < 1.29 is 0 Å². The summed E-state index contributed by atoms with van der Waals surface area (Å²) in [5.41, 5.74) is 0. The fourth-order valence-electron chi connectivity index (χ4n) is 2.50. The Labute approximate surface area is 115 Å². The zero-order chi connectivity index (χ0) is 13.8. The maximum Gasteiger partial charge on any atom is 0.231 e. The summed E-state index contributed by atoms with van der Waals surface area (Å²) >= 11 is 0. The second-order valence-corrected chi connectivity index (χ2v) is 5.48. The van der Waals surface area contributed by atoms with Gasteiger partial charge >= 0.3 is 0 Å². The summed E-state index contributed by atoms with van der Waals surface area (Å²) in [5.74, 6) is 3.45. The highest BCUT2D eigenvalue weighted by molar-refractivity contribution is 5.42. The molecule has 1 aromatic rings. The molecule has 19 heavy (non-hydrogen) atoms. The van der Waals surface area contributed by atoms with Gasteiger partial charge in [0.1, 0.15) is 0 Å². The van der Waals surface area contributed by atoms with Crippen LogP contribution in [0, 0.1) is 11.8 Å². The second-order valence-electron chi connectivity index (χ2n) is 5.48. The summed E-state index contributed by atoms with van der Waals surface area (Å²) in [6.07, 6.45) is 3.99. The van der Waals surface area contributed by atoms with Crippen molar-refractivity contribution in [2.75, 3.05) is 43.2 Å². The largest absolute Gasteiger partial charge is 0.357 e. The van der Waals surface area contributed by atoms with Crippen molar-refractivity contribution in [3.8, 4) is 0 Å². The predicted octanol–water partition coefficient (Wildman–Crippen LogP) is 1.83. The Morgan fingerprint density at radius 2 is 1.89 bits per heavy atom. The smallest absolute Gasteiger partial charge is 0.231 e. The first-order chi connectivity index (χ1) is 9.10. The fourth-order valence-corrected chi connectivity index (χ4v) is 2.50. The van der Waals surface area contributed by atoms with Crippen LogP contribution in [0.4, 0.5) is 17.8 Å². The number of nitrogens with zero attached hydrogens (tertiary/aromatic N) is 4. The van der Waals surface area contributed by atoms with Crippen molar-refractivity contribution in [2.24, 2.45) is 11.8 Å². The lowest BCUT2D eigenvalue weighted by atomic mass is 9.98. The van der Waals surface area contributed by atoms with E-state index in [1.54, 1.807) is 0 Å². The molecule has 2 atom stereocenters. The Bertz CT molecular complexity index is 420. The van der Waals surface area contributed by atoms with E-state index in [0.717, 1.165) is 18.4 Å². The van der Waals surface area contributed by atoms with Gasteiger partial charge in [-0.15, -0.1) is 0 Å². The van der Waals surface area contributed by atoms with Gasteiger partial charge in [0, 0.05) is 27.7 Å². The van der Waals surface area contributed by atoms with Crippen LogP contribution in [0.2, 0.25) is 0 Å². The van der Waals surface area contributed by atoms with Crippen molar-refractivity contribution in [1.82, 2.24) is 15.0 Å². The molecule has 1 saturated carbocycles. The van der Waals surface area contributed by atoms with E-state index in [0.29, 0.717) is 17.8 Å². The minimum absolute atomic E-state index is 0.598. The molecule has 1 aliphatic carbocycles. The van der Waals surface area contributed by atoms with Crippen molar-refractivity contribution in [3.05, 3.63) is 0 Å². The lowest BCUT2D eigenvalue weighted by Gasteiger charge is -2.17. The number of aromatic nitrogens is 3. The lowest BCUT2D eigenvalue weighted by Crippen LogP contribution is -2.20. The molecule has 0 radical (unpaired) electrons. The van der Waals surface area contributed by atoms with Gasteiger partial charge in [0.25, 0.3) is 0 Å². The summed E-state index contributed by atoms with van der Waals surface area (Å²) in [4.78, 5) is 14.9. The monoisotopic (exact) mass is 264 g/mol. The van der Waals surface area contributed by atoms with E-state index >= 15 is 0 Å². The molecule has 0 bridgehead atoms. The van der Waals surface area contributed by atoms with Crippen molar-refractivity contribution >= 4 is 17.8 Å². The van der Waals surface area contributed by atoms with Crippen molar-refractivity contribution in [2.45, 2.75) is 26.2 Å². The molecule has 0 aliphatic heterocycles. The van der Waals surface area contributed by atoms with Crippen LogP contribution in [0.1, 0.15) is 26.2 Å². The van der Waals surface area contributed by atoms with Gasteiger partial charge in [-0.25, -0.2) is 0 Å². The quantitative estimate of drug-likeness (QED) is 0.846. The normalized spacial score (nSPS) is 22.3. The maximum absolute atomic E-state index is 4.42. The summed E-state index contributed by atoms with van der Waals surface area (Å²) < 4.78 is 0. The van der Waals surface area contributed by atoms with Gasteiger partial charge in [0.2, 0.25) is 17.8 Å². The topological polar surface area (TPSA) is 66.0 Å². The first-order valence-corrected chi connectivity index (χ1v) is 6.95. The third-order valence-electron chi connectivity index (χ3n) is 3.81. The highest BCUT2D eigenvalue weighted by Crippen LogP contribution is 2.31. The van der Waals surface area contributed by atoms with Crippen LogP contribution in [-0.4, -0.2) is 42.6 Å². The molecule has 2 N–H and O–H groups in total. The van der Waals surface area contributed by atoms with Crippen LogP contribution in [0.15, 0.2) is 0 Å². The van der Waals surface area contributed by atoms with Crippen LogP contribution >= 0.6 is 0 Å². The number of nitrogens with one attached hydrogen (secondary N) is 2. The minimum Gasteiger partial charge on any atom is -0.357 e. The van der Waals surface area contributed by atoms with E-state index in [9.17, 15) is 0 Å². The van der Waals surface area contributed by atoms with Crippen molar-refractivity contribution in [1.29, 1.82) is 0 Å². The van der Waals surface area contributed by atoms with Gasteiger partial charge in [-0.3, -0.25) is 0 Å². The highest BCUT2D eigenvalue weighted by Gasteiger charge is 2.23. The Balaban J connectivity index is 2.04. The lowest BCUT2D eigenvalue weighted by molar-refractivity contribution is 0.439. The molecule has 1 fully saturated rings. The van der Waals surface area contributed by atoms with Gasteiger partial charge in [0.15, 0.2) is 0 Å². The SMILES string of the molecule is CNc1nc(NCC2CCCC2C)nc(N(C)C)n1. The molecule has 0 aromatic carbocycles. The third-order valence-corrected chi connectivity index (χ3v) is 3.81. The molecule has 0 amide bonds. The van der Waals surface area contributed by atoms with E-state index in [1.165, 1.54) is 19.3 Å². The first kappa shape index (κ1) is 13.8. The number of anilines is 3. The van der Waals surface area contributed by atoms with Crippen LogP contribution in [-0.2, 0) is 0 Å². The van der Waals surface area contributed by atoms with E-state index in [4.69, 9.17) is 0 Å². The number of rotatable bonds is 5. The molecular formula is C13H24N6. The average molecular weight is 264 g/mol. The van der Waals surface area contributed by atoms with E-state index in [1.807, 2.05) is 26.0 Å². The Morgan fingerprint density at radius 3 is 2.47 bits per heavy atom. The summed E-state index contributed by atoms with van der Waals surface area (Å²) in [6.45, 7) is 3.28. The summed E-state index contributed by atoms with van der Waals surface area (Å²) in [5, 5.41) is 6.33. The molecule has 2 rings (SSSR count). The number of hydrogen-bond donors (Lipinski definition) is 2. The molecule has 6 heteroatoms. The molecule has 1 aromatic heterocycles. The summed E-state index contributed by atoms with van der Waals surface area (Å²) in [6, 6.07) is 0. The Kier molecular flexibility index (Phi) is 4.39. The van der Waals surface area contributed by atoms with Crippen LogP contribution < -0.4 is 15.5 Å². The second kappa shape index (κ2) is 6.04. The Morgan fingerprint density at radius 1 is 1.16 bits per heavy atom. The maximum atomic E-state index is 4.42. The zero-order valence-electron chi connectivity index (χ0n) is 12.3. The van der Waals surface area contributed by atoms with Crippen LogP contribution in [0.5, 0.6) is 0 Å². The van der Waals surface area contributed by atoms with Crippen LogP contribution in [0.25, 0.3) is 0 Å². The fraction of sp³-hybridized carbons (Fsp3) is 0.769. The Hall–Kier alpha value is -1.59. The molecular weight excluding hydrogens is 240 g/mol. The van der Waals surface area contributed by atoms with Gasteiger partial charge in [-0.1, -0.05) is 19.8 Å². The van der Waals surface area contributed by atoms with E-state index in [-0.39, 0.29) is 0 Å². The molecule has 6 nitrogen and oxygen atoms in total. The number of hydrogen-bond acceptors (Lipinski definition) is 6. The van der Waals surface area contributed by atoms with Crippen LogP contribution in [0.3, 0.4) is 0 Å². The van der Waals surface area contributed by atoms with Gasteiger partial charge < -0.3 is 15.5 Å². The van der Waals surface area contributed by atoms with E-state index < -0.39 is 0 Å². The molecule has 106 valence electrons. The molecule has 0 saturated heterocycles. The van der Waals surface area contributed by atoms with E-state index in [2.05, 4.69) is 32.5 Å². The standard InChI is InChI=1S/C13H24N6/c1-9-6-5-7-10(9)8-15-12-16-11(14-2)17-13(18-12)19(3)4/h9-10H,5-8H2,1-4H3,(H2,14,15,16,17,18). The average Bonchev–Trinajstić information content (AvgIpc) is 2.81. The third kappa shape index (κ3) is 3.45. The van der Waals surface area contributed by atoms with Gasteiger partial charge in [-0.2, -0.15) is 15.0 Å².